The zero-order valence-electron chi connectivity index (χ0n) is 24.8. The number of rotatable bonds is 10. The van der Waals surface area contributed by atoms with Gasteiger partial charge < -0.3 is 14.4 Å². The van der Waals surface area contributed by atoms with Crippen molar-refractivity contribution in [1.29, 1.82) is 0 Å². The zero-order valence-corrected chi connectivity index (χ0v) is 27.9. The van der Waals surface area contributed by atoms with Crippen molar-refractivity contribution in [2.24, 2.45) is 0 Å². The number of hydrogen-bond donors (Lipinski definition) is 0. The molecule has 8 nitrogen and oxygen atoms in total. The summed E-state index contributed by atoms with van der Waals surface area (Å²) in [5.74, 6) is 1.81. The van der Waals surface area contributed by atoms with Gasteiger partial charge in [0.05, 0.1) is 23.9 Å². The summed E-state index contributed by atoms with van der Waals surface area (Å²) in [6.45, 7) is 8.50. The molecule has 0 amide bonds. The van der Waals surface area contributed by atoms with Gasteiger partial charge in [0.1, 0.15) is 11.6 Å². The standard InChI is InChI=1S/C33H34N4O4.K/c1-5-9-29-34-28(6-2)30(24-16-18-25(19-17-24)40-21(3)4)32(38)37(29)20-22-12-14-23(15-13-22)26-10-7-8-11-27(26)31-35-33(39)41-36-31;/h7-8,10-19,21H,5-6,9,20H2,1-4H3,(H,35,36,39);/q;+1/p-1. The van der Waals surface area contributed by atoms with E-state index in [1.165, 1.54) is 0 Å². The van der Waals surface area contributed by atoms with Crippen LogP contribution in [0, 0.1) is 0 Å². The third kappa shape index (κ3) is 7.10. The van der Waals surface area contributed by atoms with E-state index in [2.05, 4.69) is 21.6 Å². The molecule has 0 aliphatic rings. The van der Waals surface area contributed by atoms with Crippen LogP contribution >= 0.6 is 0 Å². The van der Waals surface area contributed by atoms with Gasteiger partial charge in [-0.2, -0.15) is 5.16 Å². The van der Waals surface area contributed by atoms with Crippen molar-refractivity contribution in [3.8, 4) is 45.5 Å². The van der Waals surface area contributed by atoms with Crippen LogP contribution in [0.5, 0.6) is 11.8 Å². The Balaban J connectivity index is 0.00000405. The first-order valence-electron chi connectivity index (χ1n) is 14.0. The molecule has 0 atom stereocenters. The van der Waals surface area contributed by atoms with E-state index in [1.54, 1.807) is 4.57 Å². The Labute approximate surface area is 288 Å². The molecule has 0 aliphatic carbocycles. The molecule has 0 N–H and O–H groups in total. The van der Waals surface area contributed by atoms with Crippen LogP contribution < -0.4 is 66.8 Å². The second-order valence-electron chi connectivity index (χ2n) is 10.2. The third-order valence-electron chi connectivity index (χ3n) is 6.83. The summed E-state index contributed by atoms with van der Waals surface area (Å²) in [6.07, 6.45) is 1.60. The summed E-state index contributed by atoms with van der Waals surface area (Å²) in [4.78, 5) is 22.9. The van der Waals surface area contributed by atoms with Crippen molar-refractivity contribution in [1.82, 2.24) is 19.7 Å². The number of nitrogens with zero attached hydrogens (tertiary/aromatic N) is 4. The summed E-state index contributed by atoms with van der Waals surface area (Å²) in [5, 5.41) is 15.3. The molecule has 2 aromatic heterocycles. The van der Waals surface area contributed by atoms with Gasteiger partial charge in [-0.25, -0.2) is 9.97 Å². The smallest absolute Gasteiger partial charge is 0.528 e. The van der Waals surface area contributed by atoms with E-state index in [4.69, 9.17) is 9.72 Å². The molecule has 5 aromatic rings. The van der Waals surface area contributed by atoms with Crippen molar-refractivity contribution < 1.29 is 65.8 Å². The Morgan fingerprint density at radius 2 is 1.57 bits per heavy atom. The topological polar surface area (TPSA) is 106 Å². The molecule has 210 valence electrons. The van der Waals surface area contributed by atoms with Gasteiger partial charge >= 0.3 is 51.4 Å². The van der Waals surface area contributed by atoms with Crippen LogP contribution in [0.4, 0.5) is 0 Å². The molecule has 0 radical (unpaired) electrons. The maximum atomic E-state index is 14.0. The first-order valence-corrected chi connectivity index (χ1v) is 14.0. The quantitative estimate of drug-likeness (QED) is 0.231. The summed E-state index contributed by atoms with van der Waals surface area (Å²) in [7, 11) is 0. The van der Waals surface area contributed by atoms with Crippen molar-refractivity contribution in [3.05, 3.63) is 100 Å². The monoisotopic (exact) mass is 588 g/mol. The molecular formula is C33H33KN4O4. The second kappa shape index (κ2) is 14.4. The Bertz CT molecular complexity index is 1690. The second-order valence-corrected chi connectivity index (χ2v) is 10.2. The van der Waals surface area contributed by atoms with Gasteiger partial charge in [0.15, 0.2) is 11.9 Å². The molecule has 9 heteroatoms. The van der Waals surface area contributed by atoms with E-state index in [1.807, 2.05) is 93.6 Å². The van der Waals surface area contributed by atoms with Crippen LogP contribution in [0.1, 0.15) is 51.2 Å². The predicted molar refractivity (Wildman–Crippen MR) is 157 cm³/mol. The van der Waals surface area contributed by atoms with Gasteiger partial charge in [0.2, 0.25) is 0 Å². The van der Waals surface area contributed by atoms with E-state index in [0.717, 1.165) is 45.9 Å². The summed E-state index contributed by atoms with van der Waals surface area (Å²) in [5.41, 5.74) is 5.73. The normalized spacial score (nSPS) is 11.0. The first kappa shape index (κ1) is 31.8. The number of ether oxygens (including phenoxy) is 1. The first-order chi connectivity index (χ1) is 19.9. The molecule has 3 aromatic carbocycles. The molecule has 0 bridgehead atoms. The van der Waals surface area contributed by atoms with Crippen LogP contribution in [0.2, 0.25) is 0 Å². The number of aryl methyl sites for hydroxylation is 2. The van der Waals surface area contributed by atoms with E-state index < -0.39 is 6.08 Å². The molecule has 0 saturated heterocycles. The van der Waals surface area contributed by atoms with Gasteiger partial charge in [-0.1, -0.05) is 74.5 Å². The van der Waals surface area contributed by atoms with E-state index in [0.29, 0.717) is 30.5 Å². The maximum absolute atomic E-state index is 14.0. The fourth-order valence-corrected chi connectivity index (χ4v) is 4.96. The molecule has 0 aliphatic heterocycles. The van der Waals surface area contributed by atoms with Crippen molar-refractivity contribution >= 4 is 0 Å². The Morgan fingerprint density at radius 3 is 2.17 bits per heavy atom. The van der Waals surface area contributed by atoms with Crippen LogP contribution in [-0.2, 0) is 19.4 Å². The average molecular weight is 589 g/mol. The molecule has 0 saturated carbocycles. The van der Waals surface area contributed by atoms with Crippen LogP contribution in [0.25, 0.3) is 33.6 Å². The minimum atomic E-state index is -0.722. The van der Waals surface area contributed by atoms with Crippen molar-refractivity contribution in [2.45, 2.75) is 59.6 Å². The van der Waals surface area contributed by atoms with Crippen LogP contribution in [0.3, 0.4) is 0 Å². The van der Waals surface area contributed by atoms with Gasteiger partial charge in [0.25, 0.3) is 5.56 Å². The van der Waals surface area contributed by atoms with Crippen LogP contribution in [-0.4, -0.2) is 25.8 Å². The fourth-order valence-electron chi connectivity index (χ4n) is 4.96. The molecule has 2 heterocycles. The Kier molecular flexibility index (Phi) is 10.9. The van der Waals surface area contributed by atoms with E-state index in [-0.39, 0.29) is 68.9 Å². The Hall–Kier alpha value is -3.08. The maximum Gasteiger partial charge on any atom is 1.00 e. The largest absolute Gasteiger partial charge is 1.00 e. The minimum Gasteiger partial charge on any atom is -0.528 e. The number of aromatic nitrogens is 4. The molecule has 0 fully saturated rings. The number of benzene rings is 3. The van der Waals surface area contributed by atoms with Gasteiger partial charge in [-0.15, -0.1) is 0 Å². The molecule has 0 unspecified atom stereocenters. The van der Waals surface area contributed by atoms with Crippen molar-refractivity contribution in [3.63, 3.8) is 0 Å². The van der Waals surface area contributed by atoms with E-state index >= 15 is 0 Å². The SMILES string of the molecule is CCCc1nc(CC)c(-c2ccc(OC(C)C)cc2)c(=O)n1Cc1ccc(-c2ccccc2-c2noc([O-])n2)cc1.[K+]. The fraction of sp³-hybridized carbons (Fsp3) is 0.273. The molecule has 5 rings (SSSR count). The van der Waals surface area contributed by atoms with E-state index in [9.17, 15) is 9.90 Å². The van der Waals surface area contributed by atoms with Gasteiger partial charge in [-0.05, 0) is 61.1 Å². The van der Waals surface area contributed by atoms with Crippen LogP contribution in [0.15, 0.2) is 82.1 Å². The summed E-state index contributed by atoms with van der Waals surface area (Å²) in [6, 6.07) is 23.3. The molecule has 42 heavy (non-hydrogen) atoms. The Morgan fingerprint density at radius 1 is 0.905 bits per heavy atom. The van der Waals surface area contributed by atoms with Gasteiger partial charge in [0, 0.05) is 12.0 Å². The predicted octanol–water partition coefficient (Wildman–Crippen LogP) is 3.06. The summed E-state index contributed by atoms with van der Waals surface area (Å²) >= 11 is 0. The summed E-state index contributed by atoms with van der Waals surface area (Å²) < 4.78 is 12.3. The van der Waals surface area contributed by atoms with Gasteiger partial charge in [-0.3, -0.25) is 9.36 Å². The third-order valence-corrected chi connectivity index (χ3v) is 6.83. The zero-order chi connectivity index (χ0) is 28.9. The van der Waals surface area contributed by atoms with Crippen molar-refractivity contribution in [2.75, 3.05) is 0 Å². The number of hydrogen-bond acceptors (Lipinski definition) is 7. The average Bonchev–Trinajstić information content (AvgIpc) is 3.41. The molecular weight excluding hydrogens is 555 g/mol. The molecule has 0 spiro atoms. The minimum absolute atomic E-state index is 0.